The van der Waals surface area contributed by atoms with E-state index in [0.717, 1.165) is 5.69 Å². The molecule has 0 radical (unpaired) electrons. The molecule has 0 aliphatic rings. The molecule has 1 aromatic heterocycles. The molecule has 0 unspecified atom stereocenters. The third kappa shape index (κ3) is 3.05. The number of anilines is 1. The quantitative estimate of drug-likeness (QED) is 0.862. The third-order valence-corrected chi connectivity index (χ3v) is 2.61. The van der Waals surface area contributed by atoms with Crippen molar-refractivity contribution in [3.63, 3.8) is 0 Å². The van der Waals surface area contributed by atoms with Crippen LogP contribution in [-0.4, -0.2) is 13.1 Å². The average Bonchev–Trinajstić information content (AvgIpc) is 2.86. The Kier molecular flexibility index (Phi) is 3.89. The molecule has 0 aliphatic heterocycles. The van der Waals surface area contributed by atoms with Crippen molar-refractivity contribution in [1.29, 1.82) is 0 Å². The molecule has 5 heteroatoms. The van der Waals surface area contributed by atoms with E-state index in [1.807, 2.05) is 12.1 Å². The van der Waals surface area contributed by atoms with Gasteiger partial charge in [0.2, 0.25) is 5.76 Å². The van der Waals surface area contributed by atoms with Gasteiger partial charge in [0.1, 0.15) is 5.76 Å². The summed E-state index contributed by atoms with van der Waals surface area (Å²) in [5.41, 5.74) is 0.926. The number of hydrogen-bond acceptors (Lipinski definition) is 4. The van der Waals surface area contributed by atoms with Gasteiger partial charge >= 0.3 is 5.97 Å². The van der Waals surface area contributed by atoms with Crippen LogP contribution in [0.3, 0.4) is 0 Å². The number of benzene rings is 1. The van der Waals surface area contributed by atoms with Crippen molar-refractivity contribution in [3.8, 4) is 0 Å². The molecule has 94 valence electrons. The Labute approximate surface area is 110 Å². The molecule has 4 nitrogen and oxygen atoms in total. The highest BCUT2D eigenvalue weighted by Gasteiger charge is 2.10. The summed E-state index contributed by atoms with van der Waals surface area (Å²) in [5, 5.41) is 3.84. The summed E-state index contributed by atoms with van der Waals surface area (Å²) in [6.07, 6.45) is 0. The monoisotopic (exact) mass is 265 g/mol. The lowest BCUT2D eigenvalue weighted by Gasteiger charge is -2.03. The van der Waals surface area contributed by atoms with E-state index in [9.17, 15) is 4.79 Å². The Balaban J connectivity index is 1.96. The maximum absolute atomic E-state index is 11.2. The van der Waals surface area contributed by atoms with Gasteiger partial charge in [0, 0.05) is 10.7 Å². The van der Waals surface area contributed by atoms with Gasteiger partial charge < -0.3 is 14.5 Å². The lowest BCUT2D eigenvalue weighted by Crippen LogP contribution is -2.00. The molecule has 0 atom stereocenters. The number of ether oxygens (including phenoxy) is 1. The number of carbonyl (C=O) groups is 1. The van der Waals surface area contributed by atoms with Crippen molar-refractivity contribution >= 4 is 23.3 Å². The minimum Gasteiger partial charge on any atom is -0.463 e. The fourth-order valence-corrected chi connectivity index (χ4v) is 1.57. The lowest BCUT2D eigenvalue weighted by atomic mass is 10.3. The molecule has 2 aromatic rings. The topological polar surface area (TPSA) is 51.5 Å². The summed E-state index contributed by atoms with van der Waals surface area (Å²) in [5.74, 6) is 0.378. The van der Waals surface area contributed by atoms with Gasteiger partial charge in [-0.15, -0.1) is 0 Å². The first-order valence-electron chi connectivity index (χ1n) is 5.35. The molecule has 0 aliphatic carbocycles. The Morgan fingerprint density at radius 1 is 1.28 bits per heavy atom. The van der Waals surface area contributed by atoms with E-state index in [2.05, 4.69) is 10.1 Å². The van der Waals surface area contributed by atoms with Gasteiger partial charge in [0.05, 0.1) is 13.7 Å². The van der Waals surface area contributed by atoms with Crippen LogP contribution in [0.1, 0.15) is 16.3 Å². The molecule has 18 heavy (non-hydrogen) atoms. The lowest BCUT2D eigenvalue weighted by molar-refractivity contribution is 0.0563. The van der Waals surface area contributed by atoms with Crippen LogP contribution in [0.5, 0.6) is 0 Å². The van der Waals surface area contributed by atoms with Crippen molar-refractivity contribution in [1.82, 2.24) is 0 Å². The smallest absolute Gasteiger partial charge is 0.373 e. The predicted molar refractivity (Wildman–Crippen MR) is 68.8 cm³/mol. The van der Waals surface area contributed by atoms with Gasteiger partial charge in [0.15, 0.2) is 0 Å². The number of carbonyl (C=O) groups excluding carboxylic acids is 1. The van der Waals surface area contributed by atoms with Crippen LogP contribution in [0, 0.1) is 0 Å². The predicted octanol–water partition coefficient (Wildman–Crippen LogP) is 3.33. The molecule has 1 heterocycles. The van der Waals surface area contributed by atoms with Crippen LogP contribution >= 0.6 is 11.6 Å². The zero-order valence-corrected chi connectivity index (χ0v) is 10.5. The van der Waals surface area contributed by atoms with Gasteiger partial charge in [-0.1, -0.05) is 11.6 Å². The van der Waals surface area contributed by atoms with Crippen molar-refractivity contribution in [2.75, 3.05) is 12.4 Å². The minimum atomic E-state index is -0.479. The van der Waals surface area contributed by atoms with E-state index in [-0.39, 0.29) is 5.76 Å². The summed E-state index contributed by atoms with van der Waals surface area (Å²) in [6.45, 7) is 0.485. The Morgan fingerprint density at radius 2 is 2.00 bits per heavy atom. The highest BCUT2D eigenvalue weighted by atomic mass is 35.5. The zero-order chi connectivity index (χ0) is 13.0. The van der Waals surface area contributed by atoms with E-state index in [1.54, 1.807) is 24.3 Å². The Morgan fingerprint density at radius 3 is 2.67 bits per heavy atom. The summed E-state index contributed by atoms with van der Waals surface area (Å²) < 4.78 is 9.88. The first-order chi connectivity index (χ1) is 8.69. The maximum Gasteiger partial charge on any atom is 0.373 e. The first kappa shape index (κ1) is 12.5. The van der Waals surface area contributed by atoms with E-state index >= 15 is 0 Å². The normalized spacial score (nSPS) is 10.1. The van der Waals surface area contributed by atoms with E-state index in [0.29, 0.717) is 17.3 Å². The SMILES string of the molecule is COC(=O)c1ccc(CNc2ccc(Cl)cc2)o1. The molecule has 0 bridgehead atoms. The summed E-state index contributed by atoms with van der Waals surface area (Å²) in [7, 11) is 1.32. The van der Waals surface area contributed by atoms with Crippen LogP contribution in [-0.2, 0) is 11.3 Å². The fraction of sp³-hybridized carbons (Fsp3) is 0.154. The maximum atomic E-state index is 11.2. The van der Waals surface area contributed by atoms with Gasteiger partial charge in [-0.3, -0.25) is 0 Å². The van der Waals surface area contributed by atoms with Crippen LogP contribution < -0.4 is 5.32 Å². The van der Waals surface area contributed by atoms with Crippen molar-refractivity contribution in [2.24, 2.45) is 0 Å². The fourth-order valence-electron chi connectivity index (χ4n) is 1.44. The average molecular weight is 266 g/mol. The van der Waals surface area contributed by atoms with Gasteiger partial charge in [-0.25, -0.2) is 4.79 Å². The molecular weight excluding hydrogens is 254 g/mol. The van der Waals surface area contributed by atoms with Crippen LogP contribution in [0.2, 0.25) is 5.02 Å². The minimum absolute atomic E-state index is 0.199. The molecule has 0 amide bonds. The van der Waals surface area contributed by atoms with Gasteiger partial charge in [-0.2, -0.15) is 0 Å². The first-order valence-corrected chi connectivity index (χ1v) is 5.73. The number of furan rings is 1. The highest BCUT2D eigenvalue weighted by molar-refractivity contribution is 6.30. The van der Waals surface area contributed by atoms with Crippen molar-refractivity contribution < 1.29 is 13.9 Å². The number of rotatable bonds is 4. The number of halogens is 1. The molecular formula is C13H12ClNO3. The highest BCUT2D eigenvalue weighted by Crippen LogP contribution is 2.15. The third-order valence-electron chi connectivity index (χ3n) is 2.36. The molecule has 0 saturated heterocycles. The number of hydrogen-bond donors (Lipinski definition) is 1. The second kappa shape index (κ2) is 5.60. The van der Waals surface area contributed by atoms with Crippen LogP contribution in [0.15, 0.2) is 40.8 Å². The molecule has 1 N–H and O–H groups in total. The largest absolute Gasteiger partial charge is 0.463 e. The summed E-state index contributed by atoms with van der Waals surface area (Å²) in [6, 6.07) is 10.6. The summed E-state index contributed by atoms with van der Waals surface area (Å²) in [4.78, 5) is 11.2. The van der Waals surface area contributed by atoms with Crippen molar-refractivity contribution in [2.45, 2.75) is 6.54 Å². The molecule has 1 aromatic carbocycles. The second-order valence-electron chi connectivity index (χ2n) is 3.62. The zero-order valence-electron chi connectivity index (χ0n) is 9.77. The van der Waals surface area contributed by atoms with E-state index in [1.165, 1.54) is 7.11 Å². The van der Waals surface area contributed by atoms with Gasteiger partial charge in [-0.05, 0) is 36.4 Å². The molecule has 0 saturated carbocycles. The van der Waals surface area contributed by atoms with E-state index < -0.39 is 5.97 Å². The second-order valence-corrected chi connectivity index (χ2v) is 4.05. The summed E-state index contributed by atoms with van der Waals surface area (Å²) >= 11 is 5.79. The Hall–Kier alpha value is -1.94. The number of nitrogens with one attached hydrogen (secondary N) is 1. The Bertz CT molecular complexity index is 533. The molecule has 0 fully saturated rings. The van der Waals surface area contributed by atoms with Crippen molar-refractivity contribution in [3.05, 3.63) is 52.9 Å². The van der Waals surface area contributed by atoms with Crippen LogP contribution in [0.25, 0.3) is 0 Å². The van der Waals surface area contributed by atoms with Crippen LogP contribution in [0.4, 0.5) is 5.69 Å². The molecule has 0 spiro atoms. The molecule has 2 rings (SSSR count). The number of methoxy groups -OCH3 is 1. The van der Waals surface area contributed by atoms with E-state index in [4.69, 9.17) is 16.0 Å². The van der Waals surface area contributed by atoms with Gasteiger partial charge in [0.25, 0.3) is 0 Å². The number of esters is 1. The standard InChI is InChI=1S/C13H12ClNO3/c1-17-13(16)12-7-6-11(18-12)8-15-10-4-2-9(14)3-5-10/h2-7,15H,8H2,1H3.